The van der Waals surface area contributed by atoms with Gasteiger partial charge < -0.3 is 5.32 Å². The molecule has 0 saturated carbocycles. The van der Waals surface area contributed by atoms with Crippen molar-refractivity contribution >= 4 is 0 Å². The van der Waals surface area contributed by atoms with Gasteiger partial charge in [0.15, 0.2) is 0 Å². The van der Waals surface area contributed by atoms with Crippen molar-refractivity contribution < 1.29 is 0 Å². The zero-order valence-electron chi connectivity index (χ0n) is 12.7. The molecule has 0 radical (unpaired) electrons. The van der Waals surface area contributed by atoms with Crippen molar-refractivity contribution in [2.45, 2.75) is 66.0 Å². The first kappa shape index (κ1) is 15.0. The largest absolute Gasteiger partial charge is 0.309 e. The minimum absolute atomic E-state index is 0.282. The van der Waals surface area contributed by atoms with Crippen molar-refractivity contribution in [3.05, 3.63) is 0 Å². The molecule has 102 valence electrons. The van der Waals surface area contributed by atoms with Gasteiger partial charge in [0.05, 0.1) is 0 Å². The van der Waals surface area contributed by atoms with E-state index in [9.17, 15) is 0 Å². The highest BCUT2D eigenvalue weighted by molar-refractivity contribution is 4.92. The lowest BCUT2D eigenvalue weighted by molar-refractivity contribution is 0.0784. The quantitative estimate of drug-likeness (QED) is 0.794. The maximum absolute atomic E-state index is 3.69. The fourth-order valence-electron chi connectivity index (χ4n) is 2.68. The Hall–Kier alpha value is -0.0800. The number of rotatable bonds is 5. The Morgan fingerprint density at radius 3 is 2.35 bits per heavy atom. The van der Waals surface area contributed by atoms with E-state index in [1.165, 1.54) is 25.9 Å². The van der Waals surface area contributed by atoms with Gasteiger partial charge in [-0.2, -0.15) is 0 Å². The van der Waals surface area contributed by atoms with E-state index in [0.29, 0.717) is 0 Å². The molecular formula is C15H32N2. The van der Waals surface area contributed by atoms with Crippen LogP contribution < -0.4 is 5.32 Å². The lowest BCUT2D eigenvalue weighted by Crippen LogP contribution is -2.61. The molecule has 1 atom stereocenters. The molecule has 0 aromatic carbocycles. The number of nitrogens with zero attached hydrogens (tertiary/aromatic N) is 1. The summed E-state index contributed by atoms with van der Waals surface area (Å²) < 4.78 is 0. The van der Waals surface area contributed by atoms with Crippen molar-refractivity contribution in [1.29, 1.82) is 0 Å². The molecule has 0 aromatic heterocycles. The molecule has 2 nitrogen and oxygen atoms in total. The molecule has 1 aliphatic rings. The monoisotopic (exact) mass is 240 g/mol. The Kier molecular flexibility index (Phi) is 5.46. The molecule has 0 bridgehead atoms. The molecule has 1 N–H and O–H groups in total. The van der Waals surface area contributed by atoms with Crippen molar-refractivity contribution in [3.8, 4) is 0 Å². The zero-order valence-corrected chi connectivity index (χ0v) is 12.7. The molecular weight excluding hydrogens is 208 g/mol. The van der Waals surface area contributed by atoms with E-state index in [1.54, 1.807) is 0 Å². The van der Waals surface area contributed by atoms with Crippen LogP contribution in [0.1, 0.15) is 54.4 Å². The molecule has 0 aromatic rings. The molecule has 1 rings (SSSR count). The van der Waals surface area contributed by atoms with E-state index < -0.39 is 0 Å². The van der Waals surface area contributed by atoms with Crippen LogP contribution in [0.15, 0.2) is 0 Å². The Bertz CT molecular complexity index is 221. The number of nitrogens with one attached hydrogen (secondary N) is 1. The summed E-state index contributed by atoms with van der Waals surface area (Å²) in [5.41, 5.74) is 0.282. The predicted octanol–water partition coefficient (Wildman–Crippen LogP) is 3.13. The maximum atomic E-state index is 3.69. The average Bonchev–Trinajstić information content (AvgIpc) is 2.17. The first-order valence-corrected chi connectivity index (χ1v) is 7.29. The van der Waals surface area contributed by atoms with Gasteiger partial charge in [-0.25, -0.2) is 0 Å². The van der Waals surface area contributed by atoms with Crippen LogP contribution >= 0.6 is 0 Å². The van der Waals surface area contributed by atoms with Gasteiger partial charge in [0.2, 0.25) is 0 Å². The second kappa shape index (κ2) is 6.19. The van der Waals surface area contributed by atoms with Gasteiger partial charge in [0, 0.05) is 24.7 Å². The van der Waals surface area contributed by atoms with Crippen LogP contribution in [-0.4, -0.2) is 36.1 Å². The van der Waals surface area contributed by atoms with Gasteiger partial charge >= 0.3 is 0 Å². The predicted molar refractivity (Wildman–Crippen MR) is 76.4 cm³/mol. The van der Waals surface area contributed by atoms with Gasteiger partial charge in [-0.3, -0.25) is 4.90 Å². The third kappa shape index (κ3) is 5.39. The summed E-state index contributed by atoms with van der Waals surface area (Å²) in [6.07, 6.45) is 2.64. The smallest absolute Gasteiger partial charge is 0.0252 e. The first-order valence-electron chi connectivity index (χ1n) is 7.29. The van der Waals surface area contributed by atoms with Crippen LogP contribution in [0.4, 0.5) is 0 Å². The second-order valence-electron chi connectivity index (χ2n) is 7.20. The minimum Gasteiger partial charge on any atom is -0.309 e. The van der Waals surface area contributed by atoms with Crippen molar-refractivity contribution in [1.82, 2.24) is 10.2 Å². The van der Waals surface area contributed by atoms with Gasteiger partial charge in [-0.15, -0.1) is 0 Å². The van der Waals surface area contributed by atoms with Crippen LogP contribution in [0.2, 0.25) is 0 Å². The Balaban J connectivity index is 2.55. The number of hydrogen-bond acceptors (Lipinski definition) is 2. The summed E-state index contributed by atoms with van der Waals surface area (Å²) in [7, 11) is 0. The summed E-state index contributed by atoms with van der Waals surface area (Å²) in [5.74, 6) is 1.61. The van der Waals surface area contributed by atoms with Crippen molar-refractivity contribution in [2.24, 2.45) is 11.8 Å². The third-order valence-corrected chi connectivity index (χ3v) is 3.67. The minimum atomic E-state index is 0.282. The fourth-order valence-corrected chi connectivity index (χ4v) is 2.68. The fraction of sp³-hybridized carbons (Fsp3) is 1.00. The lowest BCUT2D eigenvalue weighted by atomic mass is 9.93. The molecule has 0 aliphatic carbocycles. The highest BCUT2D eigenvalue weighted by Crippen LogP contribution is 2.21. The number of piperazine rings is 1. The molecule has 1 saturated heterocycles. The summed E-state index contributed by atoms with van der Waals surface area (Å²) in [5, 5.41) is 3.69. The van der Waals surface area contributed by atoms with E-state index in [0.717, 1.165) is 24.4 Å². The third-order valence-electron chi connectivity index (χ3n) is 3.67. The van der Waals surface area contributed by atoms with Gasteiger partial charge in [0.25, 0.3) is 0 Å². The van der Waals surface area contributed by atoms with Crippen LogP contribution in [0.5, 0.6) is 0 Å². The highest BCUT2D eigenvalue weighted by atomic mass is 15.2. The summed E-state index contributed by atoms with van der Waals surface area (Å²) in [4.78, 5) is 2.72. The highest BCUT2D eigenvalue weighted by Gasteiger charge is 2.32. The molecule has 0 spiro atoms. The Morgan fingerprint density at radius 2 is 1.82 bits per heavy atom. The van der Waals surface area contributed by atoms with Crippen LogP contribution in [0, 0.1) is 11.8 Å². The molecule has 1 fully saturated rings. The standard InChI is InChI=1S/C15H32N2/c1-12(2)7-8-17-11-15(5,6)16-10-14(17)9-13(3)4/h12-14,16H,7-11H2,1-6H3. The maximum Gasteiger partial charge on any atom is 0.0252 e. The van der Waals surface area contributed by atoms with Gasteiger partial charge in [-0.1, -0.05) is 27.7 Å². The Labute approximate surface area is 108 Å². The van der Waals surface area contributed by atoms with Crippen molar-refractivity contribution in [3.63, 3.8) is 0 Å². The van der Waals surface area contributed by atoms with Gasteiger partial charge in [-0.05, 0) is 45.1 Å². The van der Waals surface area contributed by atoms with E-state index in [4.69, 9.17) is 0 Å². The van der Waals surface area contributed by atoms with Crippen LogP contribution in [0.3, 0.4) is 0 Å². The molecule has 1 heterocycles. The van der Waals surface area contributed by atoms with E-state index in [1.807, 2.05) is 0 Å². The molecule has 1 unspecified atom stereocenters. The molecule has 0 amide bonds. The van der Waals surface area contributed by atoms with E-state index in [-0.39, 0.29) is 5.54 Å². The second-order valence-corrected chi connectivity index (χ2v) is 7.20. The zero-order chi connectivity index (χ0) is 13.1. The van der Waals surface area contributed by atoms with E-state index >= 15 is 0 Å². The molecule has 17 heavy (non-hydrogen) atoms. The first-order chi connectivity index (χ1) is 7.80. The summed E-state index contributed by atoms with van der Waals surface area (Å²) in [6, 6.07) is 0.738. The topological polar surface area (TPSA) is 15.3 Å². The van der Waals surface area contributed by atoms with Crippen LogP contribution in [0.25, 0.3) is 0 Å². The van der Waals surface area contributed by atoms with Crippen molar-refractivity contribution in [2.75, 3.05) is 19.6 Å². The number of hydrogen-bond donors (Lipinski definition) is 1. The molecule has 2 heteroatoms. The SMILES string of the molecule is CC(C)CCN1CC(C)(C)NCC1CC(C)C. The Morgan fingerprint density at radius 1 is 1.18 bits per heavy atom. The van der Waals surface area contributed by atoms with Gasteiger partial charge in [0.1, 0.15) is 0 Å². The lowest BCUT2D eigenvalue weighted by Gasteiger charge is -2.45. The van der Waals surface area contributed by atoms with E-state index in [2.05, 4.69) is 51.8 Å². The summed E-state index contributed by atoms with van der Waals surface area (Å²) in [6.45, 7) is 17.6. The molecule has 1 aliphatic heterocycles. The summed E-state index contributed by atoms with van der Waals surface area (Å²) >= 11 is 0. The normalized spacial score (nSPS) is 25.8. The van der Waals surface area contributed by atoms with Crippen LogP contribution in [-0.2, 0) is 0 Å². The average molecular weight is 240 g/mol.